The minimum atomic E-state index is -0.279. The first-order chi connectivity index (χ1) is 16.4. The van der Waals surface area contributed by atoms with Gasteiger partial charge >= 0.3 is 0 Å². The Morgan fingerprint density at radius 3 is 2.62 bits per heavy atom. The normalized spacial score (nSPS) is 10.9. The van der Waals surface area contributed by atoms with E-state index >= 15 is 0 Å². The molecule has 2 aromatic carbocycles. The van der Waals surface area contributed by atoms with E-state index in [0.717, 1.165) is 17.5 Å². The number of aromatic nitrogens is 4. The fraction of sp³-hybridized carbons (Fsp3) is 0.280. The van der Waals surface area contributed by atoms with Gasteiger partial charge in [-0.25, -0.2) is 4.98 Å². The molecule has 0 radical (unpaired) electrons. The summed E-state index contributed by atoms with van der Waals surface area (Å²) in [6.45, 7) is 6.60. The van der Waals surface area contributed by atoms with Gasteiger partial charge in [-0.3, -0.25) is 14.3 Å². The van der Waals surface area contributed by atoms with Crippen molar-refractivity contribution in [3.8, 4) is 11.5 Å². The Hall–Kier alpha value is -4.14. The molecule has 2 aromatic heterocycles. The van der Waals surface area contributed by atoms with Gasteiger partial charge in [0, 0.05) is 24.4 Å². The third kappa shape index (κ3) is 5.43. The fourth-order valence-corrected chi connectivity index (χ4v) is 3.43. The zero-order chi connectivity index (χ0) is 24.1. The number of fused-ring (bicyclic) bond motifs is 1. The molecule has 4 aromatic rings. The number of carbonyl (C=O) groups is 1. The van der Waals surface area contributed by atoms with Gasteiger partial charge in [-0.2, -0.15) is 9.50 Å². The molecule has 4 rings (SSSR count). The molecule has 0 aliphatic carbocycles. The number of hydrogen-bond donors (Lipinski definition) is 1. The Labute approximate surface area is 197 Å². The lowest BCUT2D eigenvalue weighted by Gasteiger charge is -2.12. The van der Waals surface area contributed by atoms with E-state index in [1.165, 1.54) is 10.6 Å². The number of aryl methyl sites for hydroxylation is 3. The van der Waals surface area contributed by atoms with Gasteiger partial charge in [-0.1, -0.05) is 30.7 Å². The summed E-state index contributed by atoms with van der Waals surface area (Å²) in [7, 11) is 0. The molecular formula is C25H27N5O4. The number of amides is 1. The predicted molar refractivity (Wildman–Crippen MR) is 128 cm³/mol. The van der Waals surface area contributed by atoms with Gasteiger partial charge in [0.15, 0.2) is 6.61 Å². The van der Waals surface area contributed by atoms with E-state index in [9.17, 15) is 9.59 Å². The highest BCUT2D eigenvalue weighted by Gasteiger charge is 2.11. The van der Waals surface area contributed by atoms with Crippen LogP contribution >= 0.6 is 0 Å². The second-order valence-corrected chi connectivity index (χ2v) is 8.02. The summed E-state index contributed by atoms with van der Waals surface area (Å²) in [5.41, 5.74) is 2.86. The molecule has 0 aliphatic rings. The predicted octanol–water partition coefficient (Wildman–Crippen LogP) is 3.51. The minimum absolute atomic E-state index is 0.0984. The lowest BCUT2D eigenvalue weighted by Crippen LogP contribution is -2.22. The monoisotopic (exact) mass is 461 g/mol. The van der Waals surface area contributed by atoms with E-state index < -0.39 is 0 Å². The smallest absolute Gasteiger partial charge is 0.274 e. The number of carbonyl (C=O) groups excluding carboxylic acids is 1. The Morgan fingerprint density at radius 2 is 1.85 bits per heavy atom. The average Bonchev–Trinajstić information content (AvgIpc) is 3.22. The van der Waals surface area contributed by atoms with E-state index in [0.29, 0.717) is 35.2 Å². The molecule has 1 N–H and O–H groups in total. The first-order valence-corrected chi connectivity index (χ1v) is 11.1. The average molecular weight is 462 g/mol. The lowest BCUT2D eigenvalue weighted by molar-refractivity contribution is -0.118. The number of benzene rings is 2. The molecule has 0 spiro atoms. The number of rotatable bonds is 9. The Morgan fingerprint density at radius 1 is 1.06 bits per heavy atom. The van der Waals surface area contributed by atoms with Crippen molar-refractivity contribution >= 4 is 17.4 Å². The molecule has 0 saturated heterocycles. The minimum Gasteiger partial charge on any atom is -0.487 e. The quantitative estimate of drug-likeness (QED) is 0.409. The number of ether oxygens (including phenoxy) is 2. The zero-order valence-electron chi connectivity index (χ0n) is 19.4. The van der Waals surface area contributed by atoms with Crippen LogP contribution in [0, 0.1) is 13.8 Å². The maximum atomic E-state index is 12.5. The molecule has 34 heavy (non-hydrogen) atoms. The molecule has 9 nitrogen and oxygen atoms in total. The van der Waals surface area contributed by atoms with Gasteiger partial charge in [0.2, 0.25) is 0 Å². The van der Waals surface area contributed by atoms with Gasteiger partial charge in [0.1, 0.15) is 24.4 Å². The molecule has 0 saturated carbocycles. The van der Waals surface area contributed by atoms with Crippen LogP contribution in [0.4, 0.5) is 5.69 Å². The second-order valence-electron chi connectivity index (χ2n) is 8.02. The van der Waals surface area contributed by atoms with Crippen molar-refractivity contribution in [2.75, 3.05) is 11.9 Å². The van der Waals surface area contributed by atoms with Crippen LogP contribution in [0.2, 0.25) is 0 Å². The lowest BCUT2D eigenvalue weighted by atomic mass is 10.2. The third-order valence-electron chi connectivity index (χ3n) is 5.19. The van der Waals surface area contributed by atoms with Crippen LogP contribution in [0.3, 0.4) is 0 Å². The number of nitrogens with zero attached hydrogens (tertiary/aromatic N) is 4. The van der Waals surface area contributed by atoms with Crippen LogP contribution < -0.4 is 20.3 Å². The Bertz CT molecular complexity index is 1360. The summed E-state index contributed by atoms with van der Waals surface area (Å²) in [5, 5.41) is 2.81. The van der Waals surface area contributed by atoms with Crippen molar-refractivity contribution in [1.29, 1.82) is 0 Å². The van der Waals surface area contributed by atoms with Crippen LogP contribution in [0.5, 0.6) is 11.5 Å². The largest absolute Gasteiger partial charge is 0.487 e. The van der Waals surface area contributed by atoms with E-state index in [4.69, 9.17) is 9.47 Å². The first-order valence-electron chi connectivity index (χ1n) is 11.1. The summed E-state index contributed by atoms with van der Waals surface area (Å²) >= 11 is 0. The van der Waals surface area contributed by atoms with Gasteiger partial charge in [0.05, 0.1) is 5.69 Å². The molecule has 0 unspecified atom stereocenters. The van der Waals surface area contributed by atoms with Crippen LogP contribution in [0.25, 0.3) is 5.78 Å². The molecule has 2 heterocycles. The summed E-state index contributed by atoms with van der Waals surface area (Å²) in [4.78, 5) is 33.5. The molecule has 0 atom stereocenters. The van der Waals surface area contributed by atoms with Crippen molar-refractivity contribution in [2.24, 2.45) is 0 Å². The van der Waals surface area contributed by atoms with Crippen molar-refractivity contribution in [3.63, 3.8) is 0 Å². The van der Waals surface area contributed by atoms with Crippen molar-refractivity contribution < 1.29 is 14.3 Å². The Balaban J connectivity index is 1.39. The highest BCUT2D eigenvalue weighted by molar-refractivity contribution is 5.92. The summed E-state index contributed by atoms with van der Waals surface area (Å²) in [6, 6.07) is 14.3. The number of anilines is 1. The molecule has 0 aliphatic heterocycles. The molecule has 0 fully saturated rings. The number of hydrogen-bond acceptors (Lipinski definition) is 6. The van der Waals surface area contributed by atoms with Gasteiger partial charge in [0.25, 0.3) is 17.2 Å². The first kappa shape index (κ1) is 23.0. The zero-order valence-corrected chi connectivity index (χ0v) is 19.4. The fourth-order valence-electron chi connectivity index (χ4n) is 3.43. The standard InChI is InChI=1S/C25H27N5O4/c1-4-11-29-16-26-25-28-20(13-24(32)30(25)29)14-34-22-12-19(8-7-18(22)3)27-23(31)15-33-21-9-5-17(2)6-10-21/h5-10,12-13,16H,4,11,14-15H2,1-3H3,(H,27,31). The Kier molecular flexibility index (Phi) is 6.91. The molecule has 1 amide bonds. The third-order valence-corrected chi connectivity index (χ3v) is 5.19. The second kappa shape index (κ2) is 10.2. The van der Waals surface area contributed by atoms with Gasteiger partial charge in [-0.05, 0) is 44.0 Å². The van der Waals surface area contributed by atoms with Gasteiger partial charge < -0.3 is 14.8 Å². The SMILES string of the molecule is CCCn1cnc2nc(COc3cc(NC(=O)COc4ccc(C)cc4)ccc3C)cc(=O)n21. The molecule has 0 bridgehead atoms. The van der Waals surface area contributed by atoms with Crippen LogP contribution in [-0.2, 0) is 17.9 Å². The van der Waals surface area contributed by atoms with Crippen LogP contribution in [0.1, 0.15) is 30.2 Å². The van der Waals surface area contributed by atoms with Crippen molar-refractivity contribution in [1.82, 2.24) is 19.2 Å². The maximum absolute atomic E-state index is 12.5. The number of nitrogens with one attached hydrogen (secondary N) is 1. The van der Waals surface area contributed by atoms with Crippen molar-refractivity contribution in [2.45, 2.75) is 40.3 Å². The molecule has 9 heteroatoms. The van der Waals surface area contributed by atoms with E-state index in [1.54, 1.807) is 23.1 Å². The molecule has 176 valence electrons. The topological polar surface area (TPSA) is 99.8 Å². The highest BCUT2D eigenvalue weighted by Crippen LogP contribution is 2.23. The molecular weight excluding hydrogens is 434 g/mol. The van der Waals surface area contributed by atoms with Gasteiger partial charge in [-0.15, -0.1) is 0 Å². The summed E-state index contributed by atoms with van der Waals surface area (Å²) in [6.07, 6.45) is 2.49. The van der Waals surface area contributed by atoms with Crippen LogP contribution in [-0.4, -0.2) is 31.7 Å². The maximum Gasteiger partial charge on any atom is 0.274 e. The summed E-state index contributed by atoms with van der Waals surface area (Å²) in [5.74, 6) is 1.27. The highest BCUT2D eigenvalue weighted by atomic mass is 16.5. The van der Waals surface area contributed by atoms with Crippen LogP contribution in [0.15, 0.2) is 59.7 Å². The van der Waals surface area contributed by atoms with E-state index in [1.807, 2.05) is 51.1 Å². The summed E-state index contributed by atoms with van der Waals surface area (Å²) < 4.78 is 14.6. The van der Waals surface area contributed by atoms with E-state index in [2.05, 4.69) is 15.3 Å². The van der Waals surface area contributed by atoms with Crippen molar-refractivity contribution in [3.05, 3.63) is 82.0 Å². The van der Waals surface area contributed by atoms with E-state index in [-0.39, 0.29) is 24.7 Å².